The fourth-order valence-corrected chi connectivity index (χ4v) is 3.15. The van der Waals surface area contributed by atoms with Gasteiger partial charge in [-0.3, -0.25) is 4.79 Å². The van der Waals surface area contributed by atoms with Gasteiger partial charge in [0.25, 0.3) is 5.91 Å². The molecule has 26 heavy (non-hydrogen) atoms. The summed E-state index contributed by atoms with van der Waals surface area (Å²) < 4.78 is 33.6. The number of furan rings is 1. The van der Waals surface area contributed by atoms with Crippen molar-refractivity contribution < 1.29 is 27.2 Å². The zero-order valence-corrected chi connectivity index (χ0v) is 16.1. The van der Waals surface area contributed by atoms with E-state index in [2.05, 4.69) is 4.74 Å². The molecule has 0 aliphatic rings. The first-order valence-corrected chi connectivity index (χ1v) is 9.67. The second-order valence-corrected chi connectivity index (χ2v) is 8.10. The van der Waals surface area contributed by atoms with E-state index in [4.69, 9.17) is 4.42 Å². The monoisotopic (exact) mass is 379 g/mol. The molecule has 0 aliphatic carbocycles. The number of hydrogen-bond acceptors (Lipinski definition) is 6. The van der Waals surface area contributed by atoms with E-state index in [-0.39, 0.29) is 17.3 Å². The van der Waals surface area contributed by atoms with E-state index in [1.165, 1.54) is 30.2 Å². The van der Waals surface area contributed by atoms with Crippen LogP contribution < -0.4 is 0 Å². The average molecular weight is 379 g/mol. The molecule has 0 fully saturated rings. The van der Waals surface area contributed by atoms with Gasteiger partial charge in [-0.15, -0.1) is 0 Å². The number of methoxy groups -OCH3 is 1. The Hall–Kier alpha value is -2.61. The molecule has 0 aliphatic heterocycles. The number of ether oxygens (including phenoxy) is 1. The van der Waals surface area contributed by atoms with Gasteiger partial charge in [-0.05, 0) is 37.6 Å². The summed E-state index contributed by atoms with van der Waals surface area (Å²) in [5, 5.41) is 0. The number of carbonyl (C=O) groups is 2. The summed E-state index contributed by atoms with van der Waals surface area (Å²) in [6.45, 7) is 3.50. The van der Waals surface area contributed by atoms with E-state index >= 15 is 0 Å². The first kappa shape index (κ1) is 19.7. The maximum absolute atomic E-state index is 12.7. The molecule has 1 aromatic carbocycles. The predicted octanol–water partition coefficient (Wildman–Crippen LogP) is 2.36. The van der Waals surface area contributed by atoms with Gasteiger partial charge in [-0.25, -0.2) is 13.2 Å². The van der Waals surface area contributed by atoms with Crippen LogP contribution in [0.4, 0.5) is 0 Å². The van der Waals surface area contributed by atoms with Gasteiger partial charge in [0.05, 0.1) is 18.6 Å². The zero-order valence-electron chi connectivity index (χ0n) is 15.3. The Kier molecular flexibility index (Phi) is 5.56. The molecule has 0 bridgehead atoms. The molecule has 0 radical (unpaired) electrons. The van der Waals surface area contributed by atoms with Crippen LogP contribution in [0.3, 0.4) is 0 Å². The van der Waals surface area contributed by atoms with E-state index in [1.54, 1.807) is 27.0 Å². The van der Waals surface area contributed by atoms with Crippen molar-refractivity contribution in [2.24, 2.45) is 0 Å². The van der Waals surface area contributed by atoms with Crippen molar-refractivity contribution in [3.05, 3.63) is 52.5 Å². The summed E-state index contributed by atoms with van der Waals surface area (Å²) in [6, 6.07) is 5.98. The minimum absolute atomic E-state index is 0.0849. The molecule has 0 spiro atoms. The molecule has 0 saturated heterocycles. The number of carbonyl (C=O) groups excluding carboxylic acids is 2. The molecule has 8 heteroatoms. The third kappa shape index (κ3) is 4.13. The first-order valence-electron chi connectivity index (χ1n) is 7.78. The van der Waals surface area contributed by atoms with Crippen LogP contribution in [0, 0.1) is 13.8 Å². The summed E-state index contributed by atoms with van der Waals surface area (Å²) in [7, 11) is -0.562. The molecule has 140 valence electrons. The summed E-state index contributed by atoms with van der Waals surface area (Å²) in [6.07, 6.45) is 1.09. The van der Waals surface area contributed by atoms with Gasteiger partial charge >= 0.3 is 5.97 Å². The molecule has 1 heterocycles. The number of amides is 1. The van der Waals surface area contributed by atoms with Gasteiger partial charge in [-0.2, -0.15) is 0 Å². The lowest BCUT2D eigenvalue weighted by molar-refractivity contribution is 0.0598. The molecule has 0 saturated carbocycles. The van der Waals surface area contributed by atoms with Crippen LogP contribution in [0.15, 0.2) is 33.6 Å². The van der Waals surface area contributed by atoms with Crippen LogP contribution in [-0.4, -0.2) is 45.6 Å². The first-order chi connectivity index (χ1) is 12.0. The Bertz CT molecular complexity index is 958. The van der Waals surface area contributed by atoms with Crippen LogP contribution in [0.2, 0.25) is 0 Å². The van der Waals surface area contributed by atoms with Crippen LogP contribution in [0.5, 0.6) is 0 Å². The number of sulfone groups is 1. The second-order valence-electron chi connectivity index (χ2n) is 6.08. The molecular weight excluding hydrogens is 358 g/mol. The van der Waals surface area contributed by atoms with Gasteiger partial charge in [0.1, 0.15) is 17.1 Å². The number of benzene rings is 1. The van der Waals surface area contributed by atoms with Gasteiger partial charge in [0.15, 0.2) is 9.84 Å². The molecule has 1 amide bonds. The van der Waals surface area contributed by atoms with E-state index in [0.717, 1.165) is 6.26 Å². The summed E-state index contributed by atoms with van der Waals surface area (Å²) in [5.74, 6) is -0.0246. The van der Waals surface area contributed by atoms with E-state index in [0.29, 0.717) is 28.2 Å². The Morgan fingerprint density at radius 1 is 1.15 bits per heavy atom. The standard InChI is InChI=1S/C18H21NO6S/c1-11-6-7-14(26(5,22)23)9-15(11)17(20)19(3)10-13-8-16(12(2)25-13)18(21)24-4/h6-9H,10H2,1-5H3. The van der Waals surface area contributed by atoms with Crippen LogP contribution >= 0.6 is 0 Å². The zero-order chi connectivity index (χ0) is 19.6. The van der Waals surface area contributed by atoms with Crippen LogP contribution in [0.25, 0.3) is 0 Å². The largest absolute Gasteiger partial charge is 0.465 e. The minimum Gasteiger partial charge on any atom is -0.465 e. The second kappa shape index (κ2) is 7.33. The lowest BCUT2D eigenvalue weighted by atomic mass is 10.1. The number of nitrogens with zero attached hydrogens (tertiary/aromatic N) is 1. The lowest BCUT2D eigenvalue weighted by Crippen LogP contribution is -2.27. The molecule has 2 aromatic rings. The van der Waals surface area contributed by atoms with Crippen molar-refractivity contribution in [1.82, 2.24) is 4.90 Å². The molecule has 2 rings (SSSR count). The number of hydrogen-bond donors (Lipinski definition) is 0. The lowest BCUT2D eigenvalue weighted by Gasteiger charge is -2.17. The topological polar surface area (TPSA) is 93.9 Å². The Morgan fingerprint density at radius 3 is 2.38 bits per heavy atom. The molecular formula is C18H21NO6S. The maximum Gasteiger partial charge on any atom is 0.341 e. The van der Waals surface area contributed by atoms with Gasteiger partial charge < -0.3 is 14.1 Å². The average Bonchev–Trinajstić information content (AvgIpc) is 2.93. The summed E-state index contributed by atoms with van der Waals surface area (Å²) >= 11 is 0. The van der Waals surface area contributed by atoms with Gasteiger partial charge in [0.2, 0.25) is 0 Å². The Morgan fingerprint density at radius 2 is 1.81 bits per heavy atom. The minimum atomic E-state index is -3.42. The van der Waals surface area contributed by atoms with E-state index < -0.39 is 15.8 Å². The highest BCUT2D eigenvalue weighted by Crippen LogP contribution is 2.20. The normalized spacial score (nSPS) is 11.3. The molecule has 0 N–H and O–H groups in total. The van der Waals surface area contributed by atoms with E-state index in [9.17, 15) is 18.0 Å². The quantitative estimate of drug-likeness (QED) is 0.740. The highest BCUT2D eigenvalue weighted by molar-refractivity contribution is 7.90. The molecule has 1 aromatic heterocycles. The maximum atomic E-state index is 12.7. The Balaban J connectivity index is 2.27. The highest BCUT2D eigenvalue weighted by atomic mass is 32.2. The van der Waals surface area contributed by atoms with Crippen LogP contribution in [0.1, 0.15) is 37.8 Å². The van der Waals surface area contributed by atoms with Crippen molar-refractivity contribution in [3.63, 3.8) is 0 Å². The van der Waals surface area contributed by atoms with Crippen molar-refractivity contribution >= 4 is 21.7 Å². The number of rotatable bonds is 5. The van der Waals surface area contributed by atoms with Crippen molar-refractivity contribution in [3.8, 4) is 0 Å². The highest BCUT2D eigenvalue weighted by Gasteiger charge is 2.21. The Labute approximate surface area is 152 Å². The van der Waals surface area contributed by atoms with Crippen molar-refractivity contribution in [1.29, 1.82) is 0 Å². The SMILES string of the molecule is COC(=O)c1cc(CN(C)C(=O)c2cc(S(C)(=O)=O)ccc2C)oc1C. The fraction of sp³-hybridized carbons (Fsp3) is 0.333. The van der Waals surface area contributed by atoms with Crippen molar-refractivity contribution in [2.45, 2.75) is 25.3 Å². The predicted molar refractivity (Wildman–Crippen MR) is 94.9 cm³/mol. The van der Waals surface area contributed by atoms with Crippen molar-refractivity contribution in [2.75, 3.05) is 20.4 Å². The molecule has 7 nitrogen and oxygen atoms in total. The third-order valence-electron chi connectivity index (χ3n) is 3.98. The number of aryl methyl sites for hydroxylation is 2. The van der Waals surface area contributed by atoms with E-state index in [1.807, 2.05) is 0 Å². The third-order valence-corrected chi connectivity index (χ3v) is 5.09. The fourth-order valence-electron chi connectivity index (χ4n) is 2.51. The van der Waals surface area contributed by atoms with Gasteiger partial charge in [0, 0.05) is 18.9 Å². The number of esters is 1. The summed E-state index contributed by atoms with van der Waals surface area (Å²) in [4.78, 5) is 25.9. The molecule has 0 atom stereocenters. The van der Waals surface area contributed by atoms with Gasteiger partial charge in [-0.1, -0.05) is 6.07 Å². The smallest absolute Gasteiger partial charge is 0.341 e. The van der Waals surface area contributed by atoms with Crippen LogP contribution in [-0.2, 0) is 21.1 Å². The summed E-state index contributed by atoms with van der Waals surface area (Å²) in [5.41, 5.74) is 1.27. The molecule has 0 unspecified atom stereocenters.